The Balaban J connectivity index is 1.27. The molecule has 38 heavy (non-hydrogen) atoms. The summed E-state index contributed by atoms with van der Waals surface area (Å²) in [6.07, 6.45) is 10.7. The van der Waals surface area contributed by atoms with E-state index in [1.54, 1.807) is 25.1 Å². The summed E-state index contributed by atoms with van der Waals surface area (Å²) in [5, 5.41) is 10.3. The van der Waals surface area contributed by atoms with E-state index in [0.29, 0.717) is 42.1 Å². The first kappa shape index (κ1) is 29.3. The normalized spacial score (nSPS) is 29.3. The lowest BCUT2D eigenvalue weighted by Gasteiger charge is -2.32. The van der Waals surface area contributed by atoms with Crippen LogP contribution in [0.15, 0.2) is 35.4 Å². The van der Waals surface area contributed by atoms with Gasteiger partial charge in [0.2, 0.25) is 0 Å². The van der Waals surface area contributed by atoms with E-state index in [-0.39, 0.29) is 23.9 Å². The third kappa shape index (κ3) is 6.72. The maximum absolute atomic E-state index is 15.1. The molecule has 2 fully saturated rings. The van der Waals surface area contributed by atoms with E-state index in [1.165, 1.54) is 0 Å². The van der Waals surface area contributed by atoms with Crippen LogP contribution < -0.4 is 0 Å². The lowest BCUT2D eigenvalue weighted by molar-refractivity contribution is 0.0692. The fraction of sp³-hybridized carbons (Fsp3) is 0.688. The second-order valence-electron chi connectivity index (χ2n) is 11.7. The van der Waals surface area contributed by atoms with E-state index >= 15 is 8.78 Å². The molecule has 0 saturated heterocycles. The quantitative estimate of drug-likeness (QED) is 0.302. The van der Waals surface area contributed by atoms with Gasteiger partial charge in [-0.1, -0.05) is 31.6 Å². The van der Waals surface area contributed by atoms with Crippen LogP contribution in [-0.2, 0) is 11.2 Å². The van der Waals surface area contributed by atoms with Crippen molar-refractivity contribution in [3.63, 3.8) is 0 Å². The Morgan fingerprint density at radius 3 is 2.24 bits per heavy atom. The first-order valence-corrected chi connectivity index (χ1v) is 14.9. The summed E-state index contributed by atoms with van der Waals surface area (Å²) < 4.78 is 64.4. The lowest BCUT2D eigenvalue weighted by Crippen LogP contribution is -2.25. The molecule has 0 amide bonds. The molecule has 0 aliphatic heterocycles. The Kier molecular flexibility index (Phi) is 10.5. The van der Waals surface area contributed by atoms with E-state index in [2.05, 4.69) is 6.92 Å². The molecular weight excluding hydrogens is 492 g/mol. The highest BCUT2D eigenvalue weighted by molar-refractivity contribution is 5.36. The number of aliphatic hydroxyl groups excluding tert-OH is 1. The summed E-state index contributed by atoms with van der Waals surface area (Å²) in [6, 6.07) is 3.52. The number of hydrogen-bond acceptors (Lipinski definition) is 2. The number of rotatable bonds is 10. The number of ether oxygens (including phenoxy) is 1. The molecule has 212 valence electrons. The van der Waals surface area contributed by atoms with Gasteiger partial charge in [-0.05, 0) is 124 Å². The van der Waals surface area contributed by atoms with E-state index in [0.717, 1.165) is 70.6 Å². The van der Waals surface area contributed by atoms with Crippen molar-refractivity contribution in [2.24, 2.45) is 17.8 Å². The minimum absolute atomic E-state index is 0.00576. The summed E-state index contributed by atoms with van der Waals surface area (Å²) >= 11 is 0. The van der Waals surface area contributed by atoms with Gasteiger partial charge in [-0.25, -0.2) is 17.6 Å². The molecule has 2 unspecified atom stereocenters. The van der Waals surface area contributed by atoms with Gasteiger partial charge in [0.15, 0.2) is 23.3 Å². The molecule has 6 heteroatoms. The van der Waals surface area contributed by atoms with Crippen molar-refractivity contribution >= 4 is 0 Å². The summed E-state index contributed by atoms with van der Waals surface area (Å²) in [5.74, 6) is -2.30. The van der Waals surface area contributed by atoms with Crippen molar-refractivity contribution in [1.82, 2.24) is 0 Å². The van der Waals surface area contributed by atoms with Crippen molar-refractivity contribution in [2.75, 3.05) is 6.61 Å². The molecule has 1 aromatic carbocycles. The minimum Gasteiger partial charge on any atom is -0.393 e. The van der Waals surface area contributed by atoms with Crippen molar-refractivity contribution in [2.45, 2.75) is 115 Å². The molecule has 2 atom stereocenters. The Hall–Kier alpha value is -1.66. The highest BCUT2D eigenvalue weighted by atomic mass is 19.2. The molecule has 3 aliphatic carbocycles. The van der Waals surface area contributed by atoms with Gasteiger partial charge >= 0.3 is 0 Å². The molecule has 2 saturated carbocycles. The fourth-order valence-electron chi connectivity index (χ4n) is 6.98. The largest absolute Gasteiger partial charge is 0.393 e. The Morgan fingerprint density at radius 1 is 0.895 bits per heavy atom. The third-order valence-electron chi connectivity index (χ3n) is 9.31. The number of allylic oxidation sites excluding steroid dienone is 2. The Bertz CT molecular complexity index is 987. The molecule has 0 bridgehead atoms. The van der Waals surface area contributed by atoms with Gasteiger partial charge in [0.25, 0.3) is 0 Å². The van der Waals surface area contributed by atoms with Gasteiger partial charge in [-0.3, -0.25) is 0 Å². The molecule has 3 aliphatic rings. The lowest BCUT2D eigenvalue weighted by atomic mass is 9.75. The van der Waals surface area contributed by atoms with Crippen molar-refractivity contribution in [3.8, 4) is 0 Å². The second-order valence-corrected chi connectivity index (χ2v) is 11.7. The smallest absolute Gasteiger partial charge is 0.165 e. The summed E-state index contributed by atoms with van der Waals surface area (Å²) in [7, 11) is 0. The number of aliphatic hydroxyl groups is 1. The average molecular weight is 537 g/mol. The zero-order chi connectivity index (χ0) is 27.2. The molecule has 2 nitrogen and oxygen atoms in total. The standard InChI is InChI=1S/C32H44F4O2/c1-3-5-27(37)23-14-12-22(13-15-23)25-17-16-24(29(33)30(25)34)11-8-20-6-9-21(10-7-20)26-18-19-28(38-4-2)32(36)31(26)35/h16-18,20-23,27-28,37H,3-15,19H2,1-2H3. The van der Waals surface area contributed by atoms with Gasteiger partial charge in [0, 0.05) is 6.61 Å². The molecule has 0 radical (unpaired) electrons. The van der Waals surface area contributed by atoms with E-state index in [1.807, 2.05) is 0 Å². The Morgan fingerprint density at radius 2 is 1.58 bits per heavy atom. The van der Waals surface area contributed by atoms with Gasteiger partial charge in [0.1, 0.15) is 6.10 Å². The van der Waals surface area contributed by atoms with Crippen LogP contribution in [0.4, 0.5) is 17.6 Å². The van der Waals surface area contributed by atoms with Gasteiger partial charge in [0.05, 0.1) is 6.10 Å². The molecular formula is C32H44F4O2. The topological polar surface area (TPSA) is 29.5 Å². The van der Waals surface area contributed by atoms with Crippen LogP contribution >= 0.6 is 0 Å². The van der Waals surface area contributed by atoms with Crippen LogP contribution in [0, 0.1) is 29.4 Å². The van der Waals surface area contributed by atoms with Crippen molar-refractivity contribution in [1.29, 1.82) is 0 Å². The zero-order valence-electron chi connectivity index (χ0n) is 23.0. The molecule has 0 aromatic heterocycles. The maximum atomic E-state index is 15.1. The van der Waals surface area contributed by atoms with Crippen molar-refractivity contribution in [3.05, 3.63) is 58.2 Å². The SMILES string of the molecule is CCCC(O)C1CCC(c2ccc(CCC3CCC(C4=CCC(OCC)C(F)=C4F)CC3)c(F)c2F)CC1. The predicted molar refractivity (Wildman–Crippen MR) is 143 cm³/mol. The van der Waals surface area contributed by atoms with Gasteiger partial charge in [-0.15, -0.1) is 0 Å². The van der Waals surface area contributed by atoms with Crippen LogP contribution in [0.2, 0.25) is 0 Å². The number of benzene rings is 1. The highest BCUT2D eigenvalue weighted by Crippen LogP contribution is 2.43. The Labute approximate surface area is 225 Å². The molecule has 1 aromatic rings. The summed E-state index contributed by atoms with van der Waals surface area (Å²) in [6.45, 7) is 4.18. The molecule has 1 N–H and O–H groups in total. The van der Waals surface area contributed by atoms with Crippen LogP contribution in [0.1, 0.15) is 108 Å². The second kappa shape index (κ2) is 13.6. The number of halogens is 4. The predicted octanol–water partition coefficient (Wildman–Crippen LogP) is 9.02. The molecule has 0 spiro atoms. The van der Waals surface area contributed by atoms with Gasteiger partial charge < -0.3 is 9.84 Å². The number of aryl methyl sites for hydroxylation is 1. The van der Waals surface area contributed by atoms with E-state index in [9.17, 15) is 13.9 Å². The molecule has 0 heterocycles. The van der Waals surface area contributed by atoms with Crippen molar-refractivity contribution < 1.29 is 27.4 Å². The minimum atomic E-state index is -0.810. The van der Waals surface area contributed by atoms with Gasteiger partial charge in [-0.2, -0.15) is 0 Å². The summed E-state index contributed by atoms with van der Waals surface area (Å²) in [4.78, 5) is 0. The zero-order valence-corrected chi connectivity index (χ0v) is 23.0. The number of hydrogen-bond donors (Lipinski definition) is 1. The van der Waals surface area contributed by atoms with Crippen LogP contribution in [0.25, 0.3) is 0 Å². The monoisotopic (exact) mass is 536 g/mol. The fourth-order valence-corrected chi connectivity index (χ4v) is 6.98. The van der Waals surface area contributed by atoms with E-state index < -0.39 is 29.4 Å². The third-order valence-corrected chi connectivity index (χ3v) is 9.31. The first-order chi connectivity index (χ1) is 18.3. The maximum Gasteiger partial charge on any atom is 0.165 e. The average Bonchev–Trinajstić information content (AvgIpc) is 2.93. The van der Waals surface area contributed by atoms with Crippen LogP contribution in [0.3, 0.4) is 0 Å². The van der Waals surface area contributed by atoms with Crippen LogP contribution in [0.5, 0.6) is 0 Å². The highest BCUT2D eigenvalue weighted by Gasteiger charge is 2.33. The van der Waals surface area contributed by atoms with E-state index in [4.69, 9.17) is 4.74 Å². The van der Waals surface area contributed by atoms with Crippen LogP contribution in [-0.4, -0.2) is 23.9 Å². The summed E-state index contributed by atoms with van der Waals surface area (Å²) in [5.41, 5.74) is 1.38. The molecule has 4 rings (SSSR count). The first-order valence-electron chi connectivity index (χ1n) is 14.9.